The second-order valence-electron chi connectivity index (χ2n) is 5.59. The molecule has 0 spiro atoms. The van der Waals surface area contributed by atoms with Crippen molar-refractivity contribution in [3.8, 4) is 0 Å². The van der Waals surface area contributed by atoms with E-state index in [4.69, 9.17) is 0 Å². The summed E-state index contributed by atoms with van der Waals surface area (Å²) in [6.45, 7) is 0.575. The van der Waals surface area contributed by atoms with E-state index in [1.165, 1.54) is 12.1 Å². The van der Waals surface area contributed by atoms with Gasteiger partial charge in [-0.25, -0.2) is 9.37 Å². The Balaban J connectivity index is 1.73. The lowest BCUT2D eigenvalue weighted by Crippen LogP contribution is -2.07. The van der Waals surface area contributed by atoms with Gasteiger partial charge in [-0.05, 0) is 48.0 Å². The molecule has 0 saturated heterocycles. The third-order valence-electron chi connectivity index (χ3n) is 4.00. The second-order valence-corrected chi connectivity index (χ2v) is 5.59. The van der Waals surface area contributed by atoms with Crippen molar-refractivity contribution in [2.45, 2.75) is 6.54 Å². The molecule has 2 aromatic heterocycles. The summed E-state index contributed by atoms with van der Waals surface area (Å²) in [7, 11) is 0. The summed E-state index contributed by atoms with van der Waals surface area (Å²) >= 11 is 0. The van der Waals surface area contributed by atoms with Crippen LogP contribution in [0.1, 0.15) is 5.56 Å². The molecule has 0 atom stereocenters. The van der Waals surface area contributed by atoms with Gasteiger partial charge in [0.05, 0.1) is 0 Å². The van der Waals surface area contributed by atoms with Crippen LogP contribution in [0.5, 0.6) is 0 Å². The molecule has 4 rings (SSSR count). The zero-order valence-electron chi connectivity index (χ0n) is 12.7. The SMILES string of the molecule is O=c1[nH]c2ncccc2c2cc(NCc3ccc(F)cc3)ccc12. The highest BCUT2D eigenvalue weighted by Gasteiger charge is 2.06. The third kappa shape index (κ3) is 2.60. The maximum absolute atomic E-state index is 13.0. The Bertz CT molecular complexity index is 1090. The molecule has 2 N–H and O–H groups in total. The van der Waals surface area contributed by atoms with Crippen LogP contribution >= 0.6 is 0 Å². The van der Waals surface area contributed by atoms with Crippen LogP contribution in [0.15, 0.2) is 65.6 Å². The number of fused-ring (bicyclic) bond motifs is 3. The topological polar surface area (TPSA) is 57.8 Å². The number of aromatic amines is 1. The van der Waals surface area contributed by atoms with Gasteiger partial charge in [-0.2, -0.15) is 0 Å². The predicted molar refractivity (Wildman–Crippen MR) is 93.6 cm³/mol. The Morgan fingerprint density at radius 1 is 1.00 bits per heavy atom. The minimum absolute atomic E-state index is 0.152. The number of halogens is 1. The molecule has 0 aliphatic carbocycles. The Labute approximate surface area is 137 Å². The maximum atomic E-state index is 13.0. The largest absolute Gasteiger partial charge is 0.381 e. The zero-order chi connectivity index (χ0) is 16.5. The molecule has 0 fully saturated rings. The molecule has 0 bridgehead atoms. The van der Waals surface area contributed by atoms with Crippen molar-refractivity contribution in [3.63, 3.8) is 0 Å². The van der Waals surface area contributed by atoms with Crippen molar-refractivity contribution < 1.29 is 4.39 Å². The van der Waals surface area contributed by atoms with Gasteiger partial charge in [0.15, 0.2) is 0 Å². The normalized spacial score (nSPS) is 11.0. The van der Waals surface area contributed by atoms with Crippen LogP contribution in [0.3, 0.4) is 0 Å². The van der Waals surface area contributed by atoms with Gasteiger partial charge in [0.1, 0.15) is 11.5 Å². The van der Waals surface area contributed by atoms with Gasteiger partial charge in [0.2, 0.25) is 0 Å². The molecular weight excluding hydrogens is 305 g/mol. The van der Waals surface area contributed by atoms with E-state index >= 15 is 0 Å². The van der Waals surface area contributed by atoms with Crippen LogP contribution in [0.4, 0.5) is 10.1 Å². The highest BCUT2D eigenvalue weighted by atomic mass is 19.1. The van der Waals surface area contributed by atoms with Crippen molar-refractivity contribution in [2.24, 2.45) is 0 Å². The molecule has 0 unspecified atom stereocenters. The number of rotatable bonds is 3. The molecule has 118 valence electrons. The summed E-state index contributed by atoms with van der Waals surface area (Å²) in [6.07, 6.45) is 1.65. The molecule has 4 aromatic rings. The number of nitrogens with one attached hydrogen (secondary N) is 2. The summed E-state index contributed by atoms with van der Waals surface area (Å²) in [4.78, 5) is 19.2. The molecule has 0 aliphatic heterocycles. The summed E-state index contributed by atoms with van der Waals surface area (Å²) < 4.78 is 13.0. The first-order valence-electron chi connectivity index (χ1n) is 7.60. The third-order valence-corrected chi connectivity index (χ3v) is 4.00. The quantitative estimate of drug-likeness (QED) is 0.564. The van der Waals surface area contributed by atoms with Gasteiger partial charge in [-0.1, -0.05) is 12.1 Å². The lowest BCUT2D eigenvalue weighted by Gasteiger charge is -2.09. The fourth-order valence-corrected chi connectivity index (χ4v) is 2.78. The summed E-state index contributed by atoms with van der Waals surface area (Å²) in [5, 5.41) is 5.68. The van der Waals surface area contributed by atoms with Gasteiger partial charge in [-0.15, -0.1) is 0 Å². The minimum Gasteiger partial charge on any atom is -0.381 e. The molecule has 5 heteroatoms. The first kappa shape index (κ1) is 14.4. The van der Waals surface area contributed by atoms with E-state index in [9.17, 15) is 9.18 Å². The second kappa shape index (κ2) is 5.77. The summed E-state index contributed by atoms with van der Waals surface area (Å²) in [5.41, 5.74) is 2.29. The van der Waals surface area contributed by atoms with E-state index in [0.29, 0.717) is 17.6 Å². The molecule has 0 saturated carbocycles. The number of hydrogen-bond donors (Lipinski definition) is 2. The number of anilines is 1. The number of hydrogen-bond acceptors (Lipinski definition) is 3. The van der Waals surface area contributed by atoms with E-state index in [0.717, 1.165) is 22.0 Å². The van der Waals surface area contributed by atoms with Crippen molar-refractivity contribution >= 4 is 27.5 Å². The molecular formula is C19H14FN3O. The van der Waals surface area contributed by atoms with Crippen molar-refractivity contribution in [1.29, 1.82) is 0 Å². The number of pyridine rings is 2. The molecule has 2 aromatic carbocycles. The monoisotopic (exact) mass is 319 g/mol. The zero-order valence-corrected chi connectivity index (χ0v) is 12.7. The number of benzene rings is 2. The van der Waals surface area contributed by atoms with Gasteiger partial charge in [0, 0.05) is 34.6 Å². The smallest absolute Gasteiger partial charge is 0.257 e. The highest BCUT2D eigenvalue weighted by Crippen LogP contribution is 2.23. The van der Waals surface area contributed by atoms with Crippen LogP contribution in [0.25, 0.3) is 21.8 Å². The van der Waals surface area contributed by atoms with E-state index in [1.807, 2.05) is 24.3 Å². The van der Waals surface area contributed by atoms with Crippen LogP contribution in [-0.4, -0.2) is 9.97 Å². The molecule has 0 amide bonds. The maximum Gasteiger partial charge on any atom is 0.257 e. The highest BCUT2D eigenvalue weighted by molar-refractivity contribution is 6.05. The van der Waals surface area contributed by atoms with Gasteiger partial charge in [-0.3, -0.25) is 4.79 Å². The van der Waals surface area contributed by atoms with Crippen LogP contribution in [-0.2, 0) is 6.54 Å². The van der Waals surface area contributed by atoms with Crippen LogP contribution in [0.2, 0.25) is 0 Å². The van der Waals surface area contributed by atoms with E-state index in [-0.39, 0.29) is 11.4 Å². The number of H-pyrrole nitrogens is 1. The average molecular weight is 319 g/mol. The Morgan fingerprint density at radius 3 is 2.67 bits per heavy atom. The van der Waals surface area contributed by atoms with Crippen molar-refractivity contribution in [1.82, 2.24) is 9.97 Å². The van der Waals surface area contributed by atoms with Gasteiger partial charge < -0.3 is 10.3 Å². The standard InChI is InChI=1S/C19H14FN3O/c20-13-5-3-12(4-6-13)11-22-14-7-8-16-17(10-14)15-2-1-9-21-18(15)23-19(16)24/h1-10,22H,11H2,(H,21,23,24). The van der Waals surface area contributed by atoms with Gasteiger partial charge in [0.25, 0.3) is 5.56 Å². The van der Waals surface area contributed by atoms with Crippen molar-refractivity contribution in [3.05, 3.63) is 82.5 Å². The molecule has 4 nitrogen and oxygen atoms in total. The fourth-order valence-electron chi connectivity index (χ4n) is 2.78. The molecule has 0 radical (unpaired) electrons. The Morgan fingerprint density at radius 2 is 1.83 bits per heavy atom. The lowest BCUT2D eigenvalue weighted by atomic mass is 10.1. The van der Waals surface area contributed by atoms with E-state index < -0.39 is 0 Å². The average Bonchev–Trinajstić information content (AvgIpc) is 2.61. The van der Waals surface area contributed by atoms with E-state index in [1.54, 1.807) is 24.4 Å². The first-order valence-corrected chi connectivity index (χ1v) is 7.60. The van der Waals surface area contributed by atoms with Crippen molar-refractivity contribution in [2.75, 3.05) is 5.32 Å². The van der Waals surface area contributed by atoms with Crippen LogP contribution < -0.4 is 10.9 Å². The predicted octanol–water partition coefficient (Wildman–Crippen LogP) is 3.83. The van der Waals surface area contributed by atoms with Gasteiger partial charge >= 0.3 is 0 Å². The number of nitrogens with zero attached hydrogens (tertiary/aromatic N) is 1. The lowest BCUT2D eigenvalue weighted by molar-refractivity contribution is 0.627. The number of aromatic nitrogens is 2. The Hall–Kier alpha value is -3.21. The van der Waals surface area contributed by atoms with Crippen LogP contribution in [0, 0.1) is 5.82 Å². The molecule has 2 heterocycles. The minimum atomic E-state index is -0.248. The Kier molecular flexibility index (Phi) is 3.46. The van der Waals surface area contributed by atoms with E-state index in [2.05, 4.69) is 15.3 Å². The molecule has 24 heavy (non-hydrogen) atoms. The fraction of sp³-hybridized carbons (Fsp3) is 0.0526. The molecule has 0 aliphatic rings. The summed E-state index contributed by atoms with van der Waals surface area (Å²) in [5.74, 6) is -0.248. The summed E-state index contributed by atoms with van der Waals surface area (Å²) in [6, 6.07) is 15.8. The first-order chi connectivity index (χ1) is 11.7.